The van der Waals surface area contributed by atoms with E-state index in [-0.39, 0.29) is 0 Å². The molecule has 1 N–H and O–H groups in total. The van der Waals surface area contributed by atoms with Crippen LogP contribution in [0.3, 0.4) is 0 Å². The quantitative estimate of drug-likeness (QED) is 0.772. The predicted molar refractivity (Wildman–Crippen MR) is 79.2 cm³/mol. The number of fused-ring (bicyclic) bond motifs is 1. The Balaban J connectivity index is 1.84. The number of hydrogen-bond acceptors (Lipinski definition) is 2. The molecule has 0 aliphatic carbocycles. The molecule has 0 aliphatic rings. The highest BCUT2D eigenvalue weighted by molar-refractivity contribution is 5.81. The minimum absolute atomic E-state index is 0.779. The van der Waals surface area contributed by atoms with E-state index in [4.69, 9.17) is 0 Å². The number of pyridine rings is 1. The molecule has 0 atom stereocenters. The number of hydrogen-bond donors (Lipinski definition) is 1. The standard InChI is InChI=1S/C16H17N3/c1-12-7-8-17-16(9-12)18-11-14-10-13-5-3-4-6-15(13)19(14)2/h3-10H,11H2,1-2H3,(H,17,18). The van der Waals surface area contributed by atoms with Crippen LogP contribution in [-0.4, -0.2) is 9.55 Å². The van der Waals surface area contributed by atoms with Crippen molar-refractivity contribution in [2.75, 3.05) is 5.32 Å². The third kappa shape index (κ3) is 2.32. The second-order valence-corrected chi connectivity index (χ2v) is 4.83. The van der Waals surface area contributed by atoms with Crippen LogP contribution < -0.4 is 5.32 Å². The highest BCUT2D eigenvalue weighted by atomic mass is 15.0. The van der Waals surface area contributed by atoms with Gasteiger partial charge in [0.2, 0.25) is 0 Å². The number of nitrogens with zero attached hydrogens (tertiary/aromatic N) is 2. The molecular weight excluding hydrogens is 234 g/mol. The number of aromatic nitrogens is 2. The van der Waals surface area contributed by atoms with E-state index in [0.29, 0.717) is 0 Å². The van der Waals surface area contributed by atoms with Gasteiger partial charge in [0.1, 0.15) is 5.82 Å². The molecule has 2 heterocycles. The van der Waals surface area contributed by atoms with Crippen LogP contribution in [-0.2, 0) is 13.6 Å². The average Bonchev–Trinajstić information content (AvgIpc) is 2.74. The van der Waals surface area contributed by atoms with Crippen LogP contribution in [0.5, 0.6) is 0 Å². The van der Waals surface area contributed by atoms with Crippen LogP contribution in [0.2, 0.25) is 0 Å². The predicted octanol–water partition coefficient (Wildman–Crippen LogP) is 3.49. The van der Waals surface area contributed by atoms with Gasteiger partial charge in [-0.1, -0.05) is 18.2 Å². The average molecular weight is 251 g/mol. The van der Waals surface area contributed by atoms with Gasteiger partial charge < -0.3 is 9.88 Å². The number of aryl methyl sites for hydroxylation is 2. The molecule has 0 radical (unpaired) electrons. The van der Waals surface area contributed by atoms with Crippen LogP contribution in [0.4, 0.5) is 5.82 Å². The van der Waals surface area contributed by atoms with Gasteiger partial charge in [0, 0.05) is 24.5 Å². The Labute approximate surface area is 112 Å². The van der Waals surface area contributed by atoms with Crippen molar-refractivity contribution < 1.29 is 0 Å². The lowest BCUT2D eigenvalue weighted by Gasteiger charge is -2.07. The maximum absolute atomic E-state index is 4.32. The van der Waals surface area contributed by atoms with E-state index in [1.54, 1.807) is 0 Å². The number of para-hydroxylation sites is 1. The summed E-state index contributed by atoms with van der Waals surface area (Å²) in [6, 6.07) is 14.7. The Morgan fingerprint density at radius 2 is 2.00 bits per heavy atom. The van der Waals surface area contributed by atoms with Crippen molar-refractivity contribution in [2.24, 2.45) is 7.05 Å². The summed E-state index contributed by atoms with van der Waals surface area (Å²) in [6.45, 7) is 2.85. The van der Waals surface area contributed by atoms with Crippen LogP contribution in [0.1, 0.15) is 11.3 Å². The number of benzene rings is 1. The highest BCUT2D eigenvalue weighted by Gasteiger charge is 2.04. The van der Waals surface area contributed by atoms with Crippen LogP contribution in [0.25, 0.3) is 10.9 Å². The topological polar surface area (TPSA) is 29.9 Å². The zero-order valence-corrected chi connectivity index (χ0v) is 11.2. The molecule has 0 saturated heterocycles. The maximum atomic E-state index is 4.32. The first-order valence-electron chi connectivity index (χ1n) is 6.44. The van der Waals surface area contributed by atoms with Crippen LogP contribution in [0.15, 0.2) is 48.7 Å². The van der Waals surface area contributed by atoms with E-state index < -0.39 is 0 Å². The Bertz CT molecular complexity index is 713. The van der Waals surface area contributed by atoms with E-state index in [2.05, 4.69) is 65.2 Å². The van der Waals surface area contributed by atoms with Crippen molar-refractivity contribution in [2.45, 2.75) is 13.5 Å². The minimum Gasteiger partial charge on any atom is -0.364 e. The summed E-state index contributed by atoms with van der Waals surface area (Å²) < 4.78 is 2.22. The molecule has 96 valence electrons. The van der Waals surface area contributed by atoms with Crippen molar-refractivity contribution in [1.82, 2.24) is 9.55 Å². The van der Waals surface area contributed by atoms with Crippen LogP contribution in [0, 0.1) is 6.92 Å². The summed E-state index contributed by atoms with van der Waals surface area (Å²) in [4.78, 5) is 4.32. The molecule has 19 heavy (non-hydrogen) atoms. The lowest BCUT2D eigenvalue weighted by molar-refractivity contribution is 0.868. The molecule has 2 aromatic heterocycles. The third-order valence-electron chi connectivity index (χ3n) is 3.42. The maximum Gasteiger partial charge on any atom is 0.126 e. The normalized spacial score (nSPS) is 10.8. The Kier molecular flexibility index (Phi) is 2.95. The SMILES string of the molecule is Cc1ccnc(NCc2cc3ccccc3n2C)c1. The first kappa shape index (κ1) is 11.8. The lowest BCUT2D eigenvalue weighted by atomic mass is 10.2. The molecule has 1 aromatic carbocycles. The summed E-state index contributed by atoms with van der Waals surface area (Å²) in [6.07, 6.45) is 1.83. The zero-order valence-electron chi connectivity index (χ0n) is 11.2. The molecule has 0 fully saturated rings. The fourth-order valence-corrected chi connectivity index (χ4v) is 2.33. The van der Waals surface area contributed by atoms with Crippen molar-refractivity contribution >= 4 is 16.7 Å². The van der Waals surface area contributed by atoms with Gasteiger partial charge in [-0.3, -0.25) is 0 Å². The van der Waals surface area contributed by atoms with Gasteiger partial charge in [-0.25, -0.2) is 4.98 Å². The number of anilines is 1. The molecule has 3 heteroatoms. The molecule has 3 rings (SSSR count). The van der Waals surface area contributed by atoms with Gasteiger partial charge in [-0.2, -0.15) is 0 Å². The minimum atomic E-state index is 0.779. The summed E-state index contributed by atoms with van der Waals surface area (Å²) in [5, 5.41) is 4.65. The van der Waals surface area contributed by atoms with E-state index >= 15 is 0 Å². The van der Waals surface area contributed by atoms with Crippen molar-refractivity contribution in [3.63, 3.8) is 0 Å². The second kappa shape index (κ2) is 4.76. The van der Waals surface area contributed by atoms with Crippen LogP contribution >= 0.6 is 0 Å². The third-order valence-corrected chi connectivity index (χ3v) is 3.42. The van der Waals surface area contributed by atoms with E-state index in [1.165, 1.54) is 22.2 Å². The first-order chi connectivity index (χ1) is 9.24. The Morgan fingerprint density at radius 3 is 2.79 bits per heavy atom. The number of rotatable bonds is 3. The van der Waals surface area contributed by atoms with Crippen molar-refractivity contribution in [3.8, 4) is 0 Å². The van der Waals surface area contributed by atoms with Gasteiger partial charge in [0.15, 0.2) is 0 Å². The molecule has 0 amide bonds. The number of nitrogens with one attached hydrogen (secondary N) is 1. The zero-order chi connectivity index (χ0) is 13.2. The molecule has 0 unspecified atom stereocenters. The van der Waals surface area contributed by atoms with Gasteiger partial charge in [-0.05, 0) is 42.1 Å². The molecule has 0 aliphatic heterocycles. The monoisotopic (exact) mass is 251 g/mol. The van der Waals surface area contributed by atoms with E-state index in [0.717, 1.165) is 12.4 Å². The Morgan fingerprint density at radius 1 is 1.16 bits per heavy atom. The molecule has 3 aromatic rings. The lowest BCUT2D eigenvalue weighted by Crippen LogP contribution is -2.05. The fourth-order valence-electron chi connectivity index (χ4n) is 2.33. The fraction of sp³-hybridized carbons (Fsp3) is 0.188. The van der Waals surface area contributed by atoms with E-state index in [1.807, 2.05) is 12.3 Å². The highest BCUT2D eigenvalue weighted by Crippen LogP contribution is 2.19. The molecule has 3 nitrogen and oxygen atoms in total. The first-order valence-corrected chi connectivity index (χ1v) is 6.44. The summed E-state index contributed by atoms with van der Waals surface area (Å²) in [5.41, 5.74) is 3.73. The van der Waals surface area contributed by atoms with Gasteiger partial charge >= 0.3 is 0 Å². The largest absolute Gasteiger partial charge is 0.364 e. The van der Waals surface area contributed by atoms with Gasteiger partial charge in [-0.15, -0.1) is 0 Å². The second-order valence-electron chi connectivity index (χ2n) is 4.83. The molecule has 0 spiro atoms. The summed E-state index contributed by atoms with van der Waals surface area (Å²) in [7, 11) is 2.10. The van der Waals surface area contributed by atoms with E-state index in [9.17, 15) is 0 Å². The van der Waals surface area contributed by atoms with Crippen molar-refractivity contribution in [1.29, 1.82) is 0 Å². The summed E-state index contributed by atoms with van der Waals surface area (Å²) >= 11 is 0. The Hall–Kier alpha value is -2.29. The molecular formula is C16H17N3. The smallest absolute Gasteiger partial charge is 0.126 e. The van der Waals surface area contributed by atoms with Gasteiger partial charge in [0.25, 0.3) is 0 Å². The van der Waals surface area contributed by atoms with Crippen molar-refractivity contribution in [3.05, 3.63) is 59.9 Å². The molecule has 0 bridgehead atoms. The molecule has 0 saturated carbocycles. The summed E-state index contributed by atoms with van der Waals surface area (Å²) in [5.74, 6) is 0.922. The van der Waals surface area contributed by atoms with Gasteiger partial charge in [0.05, 0.1) is 6.54 Å².